The van der Waals surface area contributed by atoms with Crippen molar-refractivity contribution in [3.63, 3.8) is 0 Å². The lowest BCUT2D eigenvalue weighted by Gasteiger charge is -2.10. The maximum atomic E-state index is 12.3. The first-order chi connectivity index (χ1) is 11.2. The molecule has 23 heavy (non-hydrogen) atoms. The highest BCUT2D eigenvalue weighted by molar-refractivity contribution is 5.94. The van der Waals surface area contributed by atoms with Crippen molar-refractivity contribution in [1.29, 1.82) is 0 Å². The van der Waals surface area contributed by atoms with Gasteiger partial charge in [0.05, 0.1) is 11.0 Å². The van der Waals surface area contributed by atoms with E-state index in [1.165, 1.54) is 0 Å². The number of aromatic amines is 1. The standard InChI is InChI=1S/C17H22N4O2/c18-11-4-3-10(8-11)17(22)19-12-5-6-13-14(9-12)21-16(20-13)15-2-1-7-23-15/h5-6,9-11,15H,1-4,7-8,18H2,(H,19,22)(H,20,21). The number of nitrogens with zero attached hydrogens (tertiary/aromatic N) is 1. The zero-order chi connectivity index (χ0) is 15.8. The monoisotopic (exact) mass is 314 g/mol. The Morgan fingerprint density at radius 2 is 2.26 bits per heavy atom. The summed E-state index contributed by atoms with van der Waals surface area (Å²) in [7, 11) is 0. The molecule has 0 bridgehead atoms. The van der Waals surface area contributed by atoms with E-state index in [9.17, 15) is 4.79 Å². The maximum Gasteiger partial charge on any atom is 0.227 e. The third kappa shape index (κ3) is 2.96. The summed E-state index contributed by atoms with van der Waals surface area (Å²) >= 11 is 0. The Morgan fingerprint density at radius 3 is 3.00 bits per heavy atom. The molecule has 3 unspecified atom stereocenters. The van der Waals surface area contributed by atoms with E-state index in [4.69, 9.17) is 10.5 Å². The Morgan fingerprint density at radius 1 is 1.35 bits per heavy atom. The SMILES string of the molecule is NC1CCC(C(=O)Nc2ccc3nc(C4CCCO4)[nH]c3c2)C1. The van der Waals surface area contributed by atoms with Crippen LogP contribution in [0.2, 0.25) is 0 Å². The third-order valence-corrected chi connectivity index (χ3v) is 4.85. The first-order valence-electron chi connectivity index (χ1n) is 8.37. The van der Waals surface area contributed by atoms with Crippen molar-refractivity contribution in [2.24, 2.45) is 11.7 Å². The van der Waals surface area contributed by atoms with Gasteiger partial charge in [-0.3, -0.25) is 4.79 Å². The van der Waals surface area contributed by atoms with Gasteiger partial charge in [-0.25, -0.2) is 4.98 Å². The molecule has 0 spiro atoms. The van der Waals surface area contributed by atoms with E-state index in [0.717, 1.165) is 61.3 Å². The number of carbonyl (C=O) groups is 1. The molecular weight excluding hydrogens is 292 g/mol. The first-order valence-corrected chi connectivity index (χ1v) is 8.37. The number of imidazole rings is 1. The summed E-state index contributed by atoms with van der Waals surface area (Å²) in [6, 6.07) is 5.93. The average Bonchev–Trinajstić information content (AvgIpc) is 3.26. The molecule has 2 aromatic rings. The Hall–Kier alpha value is -1.92. The summed E-state index contributed by atoms with van der Waals surface area (Å²) in [6.07, 6.45) is 4.74. The summed E-state index contributed by atoms with van der Waals surface area (Å²) in [4.78, 5) is 20.2. The summed E-state index contributed by atoms with van der Waals surface area (Å²) in [5, 5.41) is 3.00. The van der Waals surface area contributed by atoms with E-state index in [0.29, 0.717) is 0 Å². The lowest BCUT2D eigenvalue weighted by atomic mass is 10.1. The number of rotatable bonds is 3. The van der Waals surface area contributed by atoms with E-state index in [2.05, 4.69) is 15.3 Å². The molecule has 1 aliphatic carbocycles. The van der Waals surface area contributed by atoms with Gasteiger partial charge in [0, 0.05) is 24.3 Å². The average molecular weight is 314 g/mol. The number of hydrogen-bond donors (Lipinski definition) is 3. The van der Waals surface area contributed by atoms with Crippen LogP contribution in [0.3, 0.4) is 0 Å². The predicted octanol–water partition coefficient (Wildman–Crippen LogP) is 2.48. The van der Waals surface area contributed by atoms with Gasteiger partial charge >= 0.3 is 0 Å². The molecule has 2 fully saturated rings. The summed E-state index contributed by atoms with van der Waals surface area (Å²) in [5.41, 5.74) is 8.51. The van der Waals surface area contributed by atoms with Gasteiger partial charge in [0.25, 0.3) is 0 Å². The highest BCUT2D eigenvalue weighted by atomic mass is 16.5. The molecule has 1 amide bonds. The van der Waals surface area contributed by atoms with Crippen molar-refractivity contribution in [2.45, 2.75) is 44.2 Å². The molecular formula is C17H22N4O2. The predicted molar refractivity (Wildman–Crippen MR) is 88.0 cm³/mol. The van der Waals surface area contributed by atoms with Crippen molar-refractivity contribution in [1.82, 2.24) is 9.97 Å². The molecule has 2 heterocycles. The number of hydrogen-bond acceptors (Lipinski definition) is 4. The second kappa shape index (κ2) is 5.94. The van der Waals surface area contributed by atoms with Crippen LogP contribution in [0.4, 0.5) is 5.69 Å². The molecule has 1 aromatic heterocycles. The molecule has 1 saturated carbocycles. The number of ether oxygens (including phenoxy) is 1. The lowest BCUT2D eigenvalue weighted by Crippen LogP contribution is -2.23. The number of benzene rings is 1. The number of nitrogens with two attached hydrogens (primary N) is 1. The Balaban J connectivity index is 1.50. The quantitative estimate of drug-likeness (QED) is 0.811. The fraction of sp³-hybridized carbons (Fsp3) is 0.529. The van der Waals surface area contributed by atoms with Crippen LogP contribution in [0, 0.1) is 5.92 Å². The molecule has 1 saturated heterocycles. The smallest absolute Gasteiger partial charge is 0.227 e. The number of carbonyl (C=O) groups excluding carboxylic acids is 1. The summed E-state index contributed by atoms with van der Waals surface area (Å²) < 4.78 is 5.67. The van der Waals surface area contributed by atoms with E-state index >= 15 is 0 Å². The largest absolute Gasteiger partial charge is 0.370 e. The Labute approximate surface area is 134 Å². The molecule has 1 aromatic carbocycles. The van der Waals surface area contributed by atoms with Crippen LogP contribution in [0.1, 0.15) is 44.0 Å². The first kappa shape index (κ1) is 14.7. The molecule has 4 N–H and O–H groups in total. The fourth-order valence-corrected chi connectivity index (χ4v) is 3.55. The van der Waals surface area contributed by atoms with Crippen molar-refractivity contribution in [3.05, 3.63) is 24.0 Å². The molecule has 1 aliphatic heterocycles. The fourth-order valence-electron chi connectivity index (χ4n) is 3.55. The van der Waals surface area contributed by atoms with E-state index in [1.807, 2.05) is 18.2 Å². The number of H-pyrrole nitrogens is 1. The Kier molecular flexibility index (Phi) is 3.79. The molecule has 6 nitrogen and oxygen atoms in total. The van der Waals surface area contributed by atoms with Gasteiger partial charge in [-0.15, -0.1) is 0 Å². The topological polar surface area (TPSA) is 93.0 Å². The second-order valence-corrected chi connectivity index (χ2v) is 6.61. The van der Waals surface area contributed by atoms with Crippen molar-refractivity contribution >= 4 is 22.6 Å². The Bertz CT molecular complexity index is 720. The van der Waals surface area contributed by atoms with Gasteiger partial charge in [0.2, 0.25) is 5.91 Å². The zero-order valence-corrected chi connectivity index (χ0v) is 13.0. The van der Waals surface area contributed by atoms with Crippen molar-refractivity contribution in [2.75, 3.05) is 11.9 Å². The summed E-state index contributed by atoms with van der Waals surface area (Å²) in [6.45, 7) is 0.798. The van der Waals surface area contributed by atoms with Gasteiger partial charge in [-0.05, 0) is 50.3 Å². The minimum absolute atomic E-state index is 0.0323. The van der Waals surface area contributed by atoms with Gasteiger partial charge in [-0.2, -0.15) is 0 Å². The van der Waals surface area contributed by atoms with Crippen molar-refractivity contribution in [3.8, 4) is 0 Å². The van der Waals surface area contributed by atoms with Crippen LogP contribution in [0.15, 0.2) is 18.2 Å². The number of amides is 1. The van der Waals surface area contributed by atoms with Gasteiger partial charge in [0.15, 0.2) is 0 Å². The van der Waals surface area contributed by atoms with Crippen LogP contribution in [-0.2, 0) is 9.53 Å². The van der Waals surface area contributed by atoms with E-state index < -0.39 is 0 Å². The minimum Gasteiger partial charge on any atom is -0.370 e. The number of nitrogens with one attached hydrogen (secondary N) is 2. The normalized spacial score (nSPS) is 27.6. The minimum atomic E-state index is 0.0323. The van der Waals surface area contributed by atoms with Crippen LogP contribution < -0.4 is 11.1 Å². The van der Waals surface area contributed by atoms with Gasteiger partial charge in [-0.1, -0.05) is 0 Å². The second-order valence-electron chi connectivity index (χ2n) is 6.61. The molecule has 122 valence electrons. The van der Waals surface area contributed by atoms with Crippen molar-refractivity contribution < 1.29 is 9.53 Å². The van der Waals surface area contributed by atoms with E-state index in [-0.39, 0.29) is 24.0 Å². The molecule has 3 atom stereocenters. The van der Waals surface area contributed by atoms with Gasteiger partial charge < -0.3 is 20.8 Å². The van der Waals surface area contributed by atoms with Crippen LogP contribution in [0.5, 0.6) is 0 Å². The number of fused-ring (bicyclic) bond motifs is 1. The van der Waals surface area contributed by atoms with Crippen LogP contribution >= 0.6 is 0 Å². The highest BCUT2D eigenvalue weighted by Gasteiger charge is 2.28. The molecule has 2 aliphatic rings. The van der Waals surface area contributed by atoms with Gasteiger partial charge in [0.1, 0.15) is 11.9 Å². The zero-order valence-electron chi connectivity index (χ0n) is 13.0. The highest BCUT2D eigenvalue weighted by Crippen LogP contribution is 2.29. The number of aromatic nitrogens is 2. The van der Waals surface area contributed by atoms with Crippen LogP contribution in [0.25, 0.3) is 11.0 Å². The lowest BCUT2D eigenvalue weighted by molar-refractivity contribution is -0.119. The molecule has 0 radical (unpaired) electrons. The maximum absolute atomic E-state index is 12.3. The number of anilines is 1. The van der Waals surface area contributed by atoms with Crippen LogP contribution in [-0.4, -0.2) is 28.5 Å². The molecule has 4 rings (SSSR count). The molecule has 6 heteroatoms. The third-order valence-electron chi connectivity index (χ3n) is 4.85. The van der Waals surface area contributed by atoms with E-state index in [1.54, 1.807) is 0 Å². The summed E-state index contributed by atoms with van der Waals surface area (Å²) in [5.74, 6) is 0.976.